The van der Waals surface area contributed by atoms with Gasteiger partial charge in [0.15, 0.2) is 0 Å². The van der Waals surface area contributed by atoms with E-state index in [1.165, 1.54) is 0 Å². The molecule has 0 fully saturated rings. The largest absolute Gasteiger partial charge is 0.496 e. The van der Waals surface area contributed by atoms with Gasteiger partial charge in [-0.05, 0) is 24.3 Å². The van der Waals surface area contributed by atoms with Crippen LogP contribution in [0, 0.1) is 0 Å². The zero-order chi connectivity index (χ0) is 21.4. The third kappa shape index (κ3) is 3.21. The molecule has 0 aliphatic carbocycles. The minimum Gasteiger partial charge on any atom is -0.496 e. The normalized spacial score (nSPS) is 12.2. The van der Waals surface area contributed by atoms with E-state index in [0.29, 0.717) is 17.3 Å². The summed E-state index contributed by atoms with van der Waals surface area (Å²) < 4.78 is 14.9. The van der Waals surface area contributed by atoms with Gasteiger partial charge in [0.05, 0.1) is 60.9 Å². The highest BCUT2D eigenvalue weighted by molar-refractivity contribution is 5.82. The summed E-state index contributed by atoms with van der Waals surface area (Å²) in [4.78, 5) is 16.5. The molecule has 3 N–H and O–H groups in total. The van der Waals surface area contributed by atoms with Crippen LogP contribution < -0.4 is 15.2 Å². The van der Waals surface area contributed by atoms with E-state index in [-0.39, 0.29) is 0 Å². The Morgan fingerprint density at radius 2 is 1.55 bits per heavy atom. The molecule has 2 aromatic carbocycles. The van der Waals surface area contributed by atoms with Crippen molar-refractivity contribution in [2.24, 2.45) is 5.73 Å². The molecule has 0 aliphatic heterocycles. The van der Waals surface area contributed by atoms with Crippen molar-refractivity contribution in [3.05, 3.63) is 79.2 Å². The molecule has 0 radical (unpaired) electrons. The highest BCUT2D eigenvalue weighted by Crippen LogP contribution is 2.36. The number of hydrogen-bond donors (Lipinski definition) is 2. The Morgan fingerprint density at radius 3 is 2.10 bits per heavy atom. The molecule has 1 unspecified atom stereocenters. The average molecular weight is 415 g/mol. The van der Waals surface area contributed by atoms with Crippen LogP contribution in [0.15, 0.2) is 67.8 Å². The fourth-order valence-electron chi connectivity index (χ4n) is 3.74. The molecule has 31 heavy (non-hydrogen) atoms. The van der Waals surface area contributed by atoms with Crippen LogP contribution in [0.25, 0.3) is 22.4 Å². The first-order chi connectivity index (χ1) is 15.2. The van der Waals surface area contributed by atoms with Crippen molar-refractivity contribution >= 4 is 11.0 Å². The van der Waals surface area contributed by atoms with E-state index in [2.05, 4.69) is 15.0 Å². The van der Waals surface area contributed by atoms with Gasteiger partial charge < -0.3 is 29.3 Å². The predicted molar refractivity (Wildman–Crippen MR) is 116 cm³/mol. The molecule has 0 saturated carbocycles. The van der Waals surface area contributed by atoms with Crippen LogP contribution in [0.4, 0.5) is 0 Å². The van der Waals surface area contributed by atoms with Crippen molar-refractivity contribution in [3.8, 4) is 22.9 Å². The Bertz CT molecular complexity index is 1230. The number of methoxy groups -OCH3 is 2. The van der Waals surface area contributed by atoms with Crippen molar-refractivity contribution in [3.63, 3.8) is 0 Å². The molecule has 0 amide bonds. The van der Waals surface area contributed by atoms with Gasteiger partial charge in [-0.1, -0.05) is 6.07 Å². The molecule has 0 spiro atoms. The highest BCUT2D eigenvalue weighted by Gasteiger charge is 2.23. The monoisotopic (exact) mass is 415 g/mol. The maximum atomic E-state index is 6.61. The second-order valence-electron chi connectivity index (χ2n) is 6.97. The summed E-state index contributed by atoms with van der Waals surface area (Å²) in [7, 11) is 3.22. The van der Waals surface area contributed by atoms with Crippen LogP contribution in [0.1, 0.15) is 17.4 Å². The van der Waals surface area contributed by atoms with Gasteiger partial charge >= 0.3 is 0 Å². The van der Waals surface area contributed by atoms with Crippen LogP contribution in [-0.4, -0.2) is 43.3 Å². The Labute approximate surface area is 178 Å². The third-order valence-corrected chi connectivity index (χ3v) is 5.23. The molecule has 3 aromatic heterocycles. The average Bonchev–Trinajstić information content (AvgIpc) is 3.57. The lowest BCUT2D eigenvalue weighted by Crippen LogP contribution is -2.16. The Hall–Kier alpha value is -4.11. The number of nitrogens with zero attached hydrogens (tertiary/aromatic N) is 5. The van der Waals surface area contributed by atoms with Crippen LogP contribution in [-0.2, 0) is 0 Å². The van der Waals surface area contributed by atoms with Gasteiger partial charge in [0.2, 0.25) is 0 Å². The number of rotatable bonds is 6. The van der Waals surface area contributed by atoms with Crippen molar-refractivity contribution in [1.82, 2.24) is 29.1 Å². The highest BCUT2D eigenvalue weighted by atomic mass is 16.5. The first kappa shape index (κ1) is 18.9. The number of benzene rings is 2. The van der Waals surface area contributed by atoms with E-state index in [0.717, 1.165) is 28.0 Å². The van der Waals surface area contributed by atoms with E-state index < -0.39 is 6.04 Å². The molecular formula is C22H21N7O2. The maximum Gasteiger partial charge on any atom is 0.129 e. The van der Waals surface area contributed by atoms with E-state index in [4.69, 9.17) is 20.2 Å². The summed E-state index contributed by atoms with van der Waals surface area (Å²) in [5.74, 6) is 1.90. The second-order valence-corrected chi connectivity index (χ2v) is 6.97. The van der Waals surface area contributed by atoms with Gasteiger partial charge in [-0.15, -0.1) is 0 Å². The first-order valence-electron chi connectivity index (χ1n) is 9.66. The van der Waals surface area contributed by atoms with Crippen molar-refractivity contribution in [2.45, 2.75) is 6.04 Å². The predicted octanol–water partition coefficient (Wildman–Crippen LogP) is 3.00. The standard InChI is InChI=1S/C22H21N7O2/c1-30-18-4-3-5-19(31-2)20(18)21(23)22-26-14-10-16(28-8-6-24-12-28)17(11-15(14)27-22)29-9-7-25-13-29/h3-13,21H,23H2,1-2H3,(H,26,27). The van der Waals surface area contributed by atoms with Crippen LogP contribution in [0.3, 0.4) is 0 Å². The van der Waals surface area contributed by atoms with Crippen molar-refractivity contribution in [1.29, 1.82) is 0 Å². The van der Waals surface area contributed by atoms with E-state index in [1.807, 2.05) is 51.9 Å². The van der Waals surface area contributed by atoms with Gasteiger partial charge in [0.25, 0.3) is 0 Å². The number of H-pyrrole nitrogens is 1. The number of nitrogens with two attached hydrogens (primary N) is 1. The summed E-state index contributed by atoms with van der Waals surface area (Å²) >= 11 is 0. The fraction of sp³-hybridized carbons (Fsp3) is 0.136. The molecule has 9 heteroatoms. The molecule has 0 aliphatic rings. The zero-order valence-electron chi connectivity index (χ0n) is 17.1. The minimum absolute atomic E-state index is 0.563. The van der Waals surface area contributed by atoms with E-state index in [1.54, 1.807) is 39.3 Å². The minimum atomic E-state index is -0.563. The van der Waals surface area contributed by atoms with E-state index in [9.17, 15) is 0 Å². The Morgan fingerprint density at radius 1 is 0.935 bits per heavy atom. The van der Waals surface area contributed by atoms with Crippen LogP contribution >= 0.6 is 0 Å². The molecule has 3 heterocycles. The van der Waals surface area contributed by atoms with Gasteiger partial charge in [0, 0.05) is 24.8 Å². The summed E-state index contributed by atoms with van der Waals surface area (Å²) in [5, 5.41) is 0. The number of aromatic nitrogens is 6. The second kappa shape index (κ2) is 7.62. The van der Waals surface area contributed by atoms with Gasteiger partial charge in [-0.2, -0.15) is 0 Å². The first-order valence-corrected chi connectivity index (χ1v) is 9.66. The smallest absolute Gasteiger partial charge is 0.129 e. The van der Waals surface area contributed by atoms with E-state index >= 15 is 0 Å². The lowest BCUT2D eigenvalue weighted by atomic mass is 10.0. The van der Waals surface area contributed by atoms with Crippen molar-refractivity contribution in [2.75, 3.05) is 14.2 Å². The molecule has 9 nitrogen and oxygen atoms in total. The van der Waals surface area contributed by atoms with Gasteiger partial charge in [-0.3, -0.25) is 0 Å². The van der Waals surface area contributed by atoms with Gasteiger partial charge in [0.1, 0.15) is 17.3 Å². The Kier molecular flexibility index (Phi) is 4.64. The molecule has 0 saturated heterocycles. The topological polar surface area (TPSA) is 109 Å². The fourth-order valence-corrected chi connectivity index (χ4v) is 3.74. The SMILES string of the molecule is COc1cccc(OC)c1C(N)c1nc2cc(-n3ccnc3)c(-n3ccnc3)cc2[nH]1. The summed E-state index contributed by atoms with van der Waals surface area (Å²) in [6.45, 7) is 0. The molecule has 156 valence electrons. The molecule has 1 atom stereocenters. The summed E-state index contributed by atoms with van der Waals surface area (Å²) in [5.41, 5.74) is 10.8. The quantitative estimate of drug-likeness (QED) is 0.441. The lowest BCUT2D eigenvalue weighted by molar-refractivity contribution is 0.381. The third-order valence-electron chi connectivity index (χ3n) is 5.23. The number of ether oxygens (including phenoxy) is 2. The van der Waals surface area contributed by atoms with Gasteiger partial charge in [-0.25, -0.2) is 15.0 Å². The summed E-state index contributed by atoms with van der Waals surface area (Å²) in [6.07, 6.45) is 10.8. The number of hydrogen-bond acceptors (Lipinski definition) is 6. The number of fused-ring (bicyclic) bond motifs is 1. The molecule has 5 aromatic rings. The lowest BCUT2D eigenvalue weighted by Gasteiger charge is -2.17. The zero-order valence-corrected chi connectivity index (χ0v) is 17.1. The molecular weight excluding hydrogens is 394 g/mol. The van der Waals surface area contributed by atoms with Crippen LogP contribution in [0.5, 0.6) is 11.5 Å². The number of nitrogens with one attached hydrogen (secondary N) is 1. The van der Waals surface area contributed by atoms with Crippen molar-refractivity contribution < 1.29 is 9.47 Å². The number of aromatic amines is 1. The summed E-state index contributed by atoms with van der Waals surface area (Å²) in [6, 6.07) is 9.03. The van der Waals surface area contributed by atoms with Crippen LogP contribution in [0.2, 0.25) is 0 Å². The number of imidazole rings is 3. The molecule has 5 rings (SSSR count). The molecule has 0 bridgehead atoms. The Balaban J connectivity index is 1.66. The maximum absolute atomic E-state index is 6.61.